The van der Waals surface area contributed by atoms with E-state index in [0.717, 1.165) is 51.1 Å². The normalized spacial score (nSPS) is 20.2. The lowest BCUT2D eigenvalue weighted by Gasteiger charge is -2.33. The number of benzene rings is 1. The van der Waals surface area contributed by atoms with Gasteiger partial charge in [-0.2, -0.15) is 5.10 Å². The second-order valence-corrected chi connectivity index (χ2v) is 6.81. The molecule has 24 heavy (non-hydrogen) atoms. The topological polar surface area (TPSA) is 52.2 Å². The Bertz CT molecular complexity index is 697. The number of aromatic nitrogens is 2. The quantitative estimate of drug-likeness (QED) is 0.940. The highest BCUT2D eigenvalue weighted by molar-refractivity contribution is 5.77. The van der Waals surface area contributed by atoms with Gasteiger partial charge in [-0.05, 0) is 37.0 Å². The smallest absolute Gasteiger partial charge is 0.224 e. The number of likely N-dealkylation sites (tertiary alicyclic amines) is 1. The summed E-state index contributed by atoms with van der Waals surface area (Å²) in [7, 11) is 0. The van der Waals surface area contributed by atoms with Gasteiger partial charge in [0.2, 0.25) is 5.91 Å². The standard InChI is InChI=1S/C19H24N4O/c24-19(9-13-22-12-8-15-4-1-2-6-18(15)22)23-11-3-5-16(14-23)17-7-10-20-21-17/h1-2,4,6-7,10,16H,3,5,8-9,11-14H2,(H,20,21)/t16-/m1/s1. The highest BCUT2D eigenvalue weighted by Gasteiger charge is 2.26. The Morgan fingerprint density at radius 2 is 2.17 bits per heavy atom. The Morgan fingerprint density at radius 1 is 1.25 bits per heavy atom. The van der Waals surface area contributed by atoms with Crippen LogP contribution in [-0.2, 0) is 11.2 Å². The molecule has 1 fully saturated rings. The number of H-pyrrole nitrogens is 1. The average Bonchev–Trinajstić information content (AvgIpc) is 3.30. The molecule has 0 saturated carbocycles. The molecule has 1 aromatic carbocycles. The third-order valence-electron chi connectivity index (χ3n) is 5.32. The van der Waals surface area contributed by atoms with Gasteiger partial charge in [-0.3, -0.25) is 9.89 Å². The van der Waals surface area contributed by atoms with Gasteiger partial charge in [-0.25, -0.2) is 0 Å². The van der Waals surface area contributed by atoms with Crippen LogP contribution in [0, 0.1) is 0 Å². The molecule has 1 atom stereocenters. The Labute approximate surface area is 142 Å². The Balaban J connectivity index is 1.33. The lowest BCUT2D eigenvalue weighted by atomic mass is 9.95. The summed E-state index contributed by atoms with van der Waals surface area (Å²) in [6.07, 6.45) is 5.69. The summed E-state index contributed by atoms with van der Waals surface area (Å²) in [5.41, 5.74) is 3.86. The Hall–Kier alpha value is -2.30. The SMILES string of the molecule is O=C(CCN1CCc2ccccc21)N1CCC[C@@H](c2ccn[nH]2)C1. The number of piperidine rings is 1. The van der Waals surface area contributed by atoms with Gasteiger partial charge in [0.25, 0.3) is 0 Å². The van der Waals surface area contributed by atoms with Crippen molar-refractivity contribution < 1.29 is 4.79 Å². The highest BCUT2D eigenvalue weighted by atomic mass is 16.2. The van der Waals surface area contributed by atoms with Crippen LogP contribution >= 0.6 is 0 Å². The summed E-state index contributed by atoms with van der Waals surface area (Å²) in [6.45, 7) is 3.56. The van der Waals surface area contributed by atoms with Crippen LogP contribution in [0.4, 0.5) is 5.69 Å². The number of hydrogen-bond acceptors (Lipinski definition) is 3. The number of hydrogen-bond donors (Lipinski definition) is 1. The van der Waals surface area contributed by atoms with E-state index in [-0.39, 0.29) is 5.91 Å². The van der Waals surface area contributed by atoms with Crippen LogP contribution in [0.15, 0.2) is 36.5 Å². The van der Waals surface area contributed by atoms with Crippen LogP contribution in [0.25, 0.3) is 0 Å². The number of nitrogens with one attached hydrogen (secondary N) is 1. The molecule has 126 valence electrons. The van der Waals surface area contributed by atoms with E-state index >= 15 is 0 Å². The third-order valence-corrected chi connectivity index (χ3v) is 5.32. The fourth-order valence-electron chi connectivity index (χ4n) is 3.98. The molecule has 1 saturated heterocycles. The fourth-order valence-corrected chi connectivity index (χ4v) is 3.98. The van der Waals surface area contributed by atoms with Gasteiger partial charge in [0, 0.05) is 56.1 Å². The van der Waals surface area contributed by atoms with E-state index in [0.29, 0.717) is 12.3 Å². The van der Waals surface area contributed by atoms with E-state index in [4.69, 9.17) is 0 Å². The minimum atomic E-state index is 0.281. The van der Waals surface area contributed by atoms with Gasteiger partial charge in [-0.1, -0.05) is 18.2 Å². The van der Waals surface area contributed by atoms with Crippen molar-refractivity contribution in [2.45, 2.75) is 31.6 Å². The van der Waals surface area contributed by atoms with Crippen LogP contribution in [-0.4, -0.2) is 47.2 Å². The van der Waals surface area contributed by atoms with E-state index in [2.05, 4.69) is 39.4 Å². The molecule has 5 heteroatoms. The molecule has 0 unspecified atom stereocenters. The van der Waals surface area contributed by atoms with Crippen molar-refractivity contribution in [1.82, 2.24) is 15.1 Å². The lowest BCUT2D eigenvalue weighted by molar-refractivity contribution is -0.132. The Morgan fingerprint density at radius 3 is 3.04 bits per heavy atom. The molecule has 2 aliphatic rings. The molecule has 0 bridgehead atoms. The van der Waals surface area contributed by atoms with Gasteiger partial charge in [0.15, 0.2) is 0 Å². The molecular formula is C19H24N4O. The minimum Gasteiger partial charge on any atom is -0.370 e. The molecule has 1 aromatic heterocycles. The summed E-state index contributed by atoms with van der Waals surface area (Å²) in [4.78, 5) is 17.0. The van der Waals surface area contributed by atoms with E-state index in [1.165, 1.54) is 11.3 Å². The largest absolute Gasteiger partial charge is 0.370 e. The molecule has 4 rings (SSSR count). The van der Waals surface area contributed by atoms with E-state index in [1.54, 1.807) is 6.20 Å². The summed E-state index contributed by atoms with van der Waals surface area (Å²) in [6, 6.07) is 10.6. The maximum atomic E-state index is 12.7. The molecular weight excluding hydrogens is 300 g/mol. The summed E-state index contributed by atoms with van der Waals surface area (Å²) >= 11 is 0. The number of carbonyl (C=O) groups is 1. The minimum absolute atomic E-state index is 0.281. The van der Waals surface area contributed by atoms with Crippen LogP contribution in [0.3, 0.4) is 0 Å². The zero-order valence-corrected chi connectivity index (χ0v) is 13.9. The van der Waals surface area contributed by atoms with E-state index < -0.39 is 0 Å². The van der Waals surface area contributed by atoms with Crippen molar-refractivity contribution in [3.63, 3.8) is 0 Å². The van der Waals surface area contributed by atoms with Crippen molar-refractivity contribution in [3.8, 4) is 0 Å². The molecule has 0 aliphatic carbocycles. The predicted molar refractivity (Wildman–Crippen MR) is 94.1 cm³/mol. The lowest BCUT2D eigenvalue weighted by Crippen LogP contribution is -2.40. The van der Waals surface area contributed by atoms with E-state index in [1.807, 2.05) is 11.0 Å². The van der Waals surface area contributed by atoms with Crippen molar-refractivity contribution in [1.29, 1.82) is 0 Å². The van der Waals surface area contributed by atoms with Crippen LogP contribution in [0.5, 0.6) is 0 Å². The van der Waals surface area contributed by atoms with E-state index in [9.17, 15) is 4.79 Å². The molecule has 2 aliphatic heterocycles. The summed E-state index contributed by atoms with van der Waals surface area (Å²) in [5, 5.41) is 7.10. The maximum absolute atomic E-state index is 12.7. The number of rotatable bonds is 4. The highest BCUT2D eigenvalue weighted by Crippen LogP contribution is 2.28. The first-order chi connectivity index (χ1) is 11.8. The molecule has 2 aromatic rings. The van der Waals surface area contributed by atoms with Gasteiger partial charge in [-0.15, -0.1) is 0 Å². The number of amides is 1. The van der Waals surface area contributed by atoms with Gasteiger partial charge in [0.05, 0.1) is 0 Å². The van der Waals surface area contributed by atoms with Gasteiger partial charge < -0.3 is 9.80 Å². The first-order valence-electron chi connectivity index (χ1n) is 8.91. The fraction of sp³-hybridized carbons (Fsp3) is 0.474. The van der Waals surface area contributed by atoms with Gasteiger partial charge >= 0.3 is 0 Å². The van der Waals surface area contributed by atoms with Crippen molar-refractivity contribution in [2.75, 3.05) is 31.1 Å². The van der Waals surface area contributed by atoms with Crippen molar-refractivity contribution >= 4 is 11.6 Å². The molecule has 1 amide bonds. The van der Waals surface area contributed by atoms with Gasteiger partial charge in [0.1, 0.15) is 0 Å². The first kappa shape index (κ1) is 15.2. The molecule has 5 nitrogen and oxygen atoms in total. The second kappa shape index (κ2) is 6.67. The number of nitrogens with zero attached hydrogens (tertiary/aromatic N) is 3. The number of fused-ring (bicyclic) bond motifs is 1. The van der Waals surface area contributed by atoms with Crippen LogP contribution in [0.2, 0.25) is 0 Å². The Kier molecular flexibility index (Phi) is 4.24. The second-order valence-electron chi connectivity index (χ2n) is 6.81. The van der Waals surface area contributed by atoms with Crippen LogP contribution < -0.4 is 4.90 Å². The zero-order chi connectivity index (χ0) is 16.4. The molecule has 3 heterocycles. The monoisotopic (exact) mass is 324 g/mol. The number of carbonyl (C=O) groups excluding carboxylic acids is 1. The molecule has 0 spiro atoms. The number of para-hydroxylation sites is 1. The summed E-state index contributed by atoms with van der Waals surface area (Å²) < 4.78 is 0. The molecule has 1 N–H and O–H groups in total. The number of aromatic amines is 1. The van der Waals surface area contributed by atoms with Crippen LogP contribution in [0.1, 0.15) is 36.4 Å². The van der Waals surface area contributed by atoms with Crippen molar-refractivity contribution in [3.05, 3.63) is 47.8 Å². The maximum Gasteiger partial charge on any atom is 0.224 e. The number of anilines is 1. The summed E-state index contributed by atoms with van der Waals surface area (Å²) in [5.74, 6) is 0.682. The molecule has 0 radical (unpaired) electrons. The predicted octanol–water partition coefficient (Wildman–Crippen LogP) is 2.57. The van der Waals surface area contributed by atoms with Crippen molar-refractivity contribution in [2.24, 2.45) is 0 Å². The first-order valence-corrected chi connectivity index (χ1v) is 8.91. The zero-order valence-electron chi connectivity index (χ0n) is 13.9. The third kappa shape index (κ3) is 3.03. The average molecular weight is 324 g/mol.